The van der Waals surface area contributed by atoms with E-state index in [1.54, 1.807) is 6.92 Å². The molecule has 0 unspecified atom stereocenters. The monoisotopic (exact) mass is 327 g/mol. The minimum atomic E-state index is -0.685. The first-order valence-corrected chi connectivity index (χ1v) is 7.09. The van der Waals surface area contributed by atoms with E-state index in [2.05, 4.69) is 15.3 Å². The van der Waals surface area contributed by atoms with Gasteiger partial charge in [0.2, 0.25) is 5.71 Å². The maximum atomic E-state index is 12.2. The van der Waals surface area contributed by atoms with Gasteiger partial charge in [0.25, 0.3) is 0 Å². The van der Waals surface area contributed by atoms with Gasteiger partial charge in [0.15, 0.2) is 5.43 Å². The highest BCUT2D eigenvalue weighted by Crippen LogP contribution is 2.31. The van der Waals surface area contributed by atoms with E-state index in [9.17, 15) is 14.7 Å². The van der Waals surface area contributed by atoms with Crippen LogP contribution in [0, 0.1) is 0 Å². The van der Waals surface area contributed by atoms with Crippen LogP contribution in [0.5, 0.6) is 5.75 Å². The molecule has 1 amide bonds. The Bertz CT molecular complexity index is 967. The van der Waals surface area contributed by atoms with E-state index in [1.807, 2.05) is 0 Å². The van der Waals surface area contributed by atoms with E-state index in [4.69, 9.17) is 9.15 Å². The number of carbonyl (C=O) groups is 1. The Morgan fingerprint density at radius 2 is 2.21 bits per heavy atom. The fourth-order valence-electron chi connectivity index (χ4n) is 2.16. The standard InChI is InChI=1S/C16H13N3O5/c1-2-23-16(22)19-12-5-9(20)3-4-10(12)14-6-13(21)11-7-17-8-18-15(11)24-14/h3-8,20H,2H2,1H3,(H,19,22). The summed E-state index contributed by atoms with van der Waals surface area (Å²) >= 11 is 0. The maximum Gasteiger partial charge on any atom is 0.411 e. The van der Waals surface area contributed by atoms with Crippen molar-refractivity contribution in [1.82, 2.24) is 9.97 Å². The number of hydrogen-bond donors (Lipinski definition) is 2. The number of fused-ring (bicyclic) bond motifs is 1. The Morgan fingerprint density at radius 3 is 3.00 bits per heavy atom. The predicted molar refractivity (Wildman–Crippen MR) is 85.8 cm³/mol. The second-order valence-corrected chi connectivity index (χ2v) is 4.79. The third-order valence-electron chi connectivity index (χ3n) is 3.19. The number of anilines is 1. The van der Waals surface area contributed by atoms with Crippen molar-refractivity contribution in [2.75, 3.05) is 11.9 Å². The second-order valence-electron chi connectivity index (χ2n) is 4.79. The molecule has 2 N–H and O–H groups in total. The van der Waals surface area contributed by atoms with Crippen LogP contribution < -0.4 is 10.7 Å². The molecule has 122 valence electrons. The molecular formula is C16H13N3O5. The number of benzene rings is 1. The van der Waals surface area contributed by atoms with Crippen LogP contribution in [0.2, 0.25) is 0 Å². The molecule has 0 aliphatic heterocycles. The highest BCUT2D eigenvalue weighted by atomic mass is 16.5. The highest BCUT2D eigenvalue weighted by Gasteiger charge is 2.14. The fourth-order valence-corrected chi connectivity index (χ4v) is 2.16. The summed E-state index contributed by atoms with van der Waals surface area (Å²) in [6.45, 7) is 1.87. The molecule has 2 heterocycles. The van der Waals surface area contributed by atoms with E-state index >= 15 is 0 Å². The van der Waals surface area contributed by atoms with Crippen LogP contribution in [0.1, 0.15) is 6.92 Å². The third kappa shape index (κ3) is 3.02. The number of nitrogens with zero attached hydrogens (tertiary/aromatic N) is 2. The van der Waals surface area contributed by atoms with Gasteiger partial charge >= 0.3 is 6.09 Å². The Kier molecular flexibility index (Phi) is 4.11. The van der Waals surface area contributed by atoms with Crippen molar-refractivity contribution in [2.45, 2.75) is 6.92 Å². The molecular weight excluding hydrogens is 314 g/mol. The Labute approximate surface area is 135 Å². The highest BCUT2D eigenvalue weighted by molar-refractivity contribution is 5.91. The fraction of sp³-hybridized carbons (Fsp3) is 0.125. The summed E-state index contributed by atoms with van der Waals surface area (Å²) in [5, 5.41) is 12.4. The summed E-state index contributed by atoms with van der Waals surface area (Å²) in [6, 6.07) is 5.53. The topological polar surface area (TPSA) is 115 Å². The van der Waals surface area contributed by atoms with Crippen LogP contribution in [0.25, 0.3) is 22.4 Å². The molecule has 0 atom stereocenters. The first-order valence-electron chi connectivity index (χ1n) is 7.09. The van der Waals surface area contributed by atoms with Crippen molar-refractivity contribution < 1.29 is 19.1 Å². The lowest BCUT2D eigenvalue weighted by atomic mass is 10.1. The molecule has 0 radical (unpaired) electrons. The van der Waals surface area contributed by atoms with Crippen LogP contribution >= 0.6 is 0 Å². The molecule has 0 bridgehead atoms. The first kappa shape index (κ1) is 15.5. The van der Waals surface area contributed by atoms with Gasteiger partial charge in [-0.15, -0.1) is 0 Å². The average molecular weight is 327 g/mol. The minimum absolute atomic E-state index is 0.0593. The van der Waals surface area contributed by atoms with Crippen molar-refractivity contribution in [2.24, 2.45) is 0 Å². The number of hydrogen-bond acceptors (Lipinski definition) is 7. The SMILES string of the molecule is CCOC(=O)Nc1cc(O)ccc1-c1cc(=O)c2cncnc2o1. The molecule has 0 saturated carbocycles. The normalized spacial score (nSPS) is 10.5. The van der Waals surface area contributed by atoms with E-state index in [-0.39, 0.29) is 40.3 Å². The van der Waals surface area contributed by atoms with E-state index < -0.39 is 6.09 Å². The predicted octanol–water partition coefficient (Wildman–Crippen LogP) is 2.52. The second kappa shape index (κ2) is 6.37. The van der Waals surface area contributed by atoms with E-state index in [0.29, 0.717) is 5.56 Å². The van der Waals surface area contributed by atoms with Crippen LogP contribution in [-0.2, 0) is 4.74 Å². The Hall–Kier alpha value is -3.42. The number of phenolic OH excluding ortho intramolecular Hbond substituents is 1. The quantitative estimate of drug-likeness (QED) is 0.759. The first-order chi connectivity index (χ1) is 11.6. The zero-order valence-electron chi connectivity index (χ0n) is 12.6. The van der Waals surface area contributed by atoms with Gasteiger partial charge in [-0.1, -0.05) is 0 Å². The number of amides is 1. The van der Waals surface area contributed by atoms with Crippen LogP contribution in [0.4, 0.5) is 10.5 Å². The number of ether oxygens (including phenoxy) is 1. The number of nitrogens with one attached hydrogen (secondary N) is 1. The van der Waals surface area contributed by atoms with Crippen molar-refractivity contribution in [1.29, 1.82) is 0 Å². The largest absolute Gasteiger partial charge is 0.508 e. The van der Waals surface area contributed by atoms with Gasteiger partial charge in [-0.2, -0.15) is 0 Å². The van der Waals surface area contributed by atoms with Crippen LogP contribution in [0.15, 0.2) is 46.0 Å². The maximum absolute atomic E-state index is 12.2. The van der Waals surface area contributed by atoms with Crippen LogP contribution in [-0.4, -0.2) is 27.8 Å². The molecule has 8 heteroatoms. The van der Waals surface area contributed by atoms with Crippen molar-refractivity contribution in [3.05, 3.63) is 47.0 Å². The lowest BCUT2D eigenvalue weighted by Crippen LogP contribution is -2.14. The van der Waals surface area contributed by atoms with Gasteiger partial charge < -0.3 is 14.3 Å². The number of phenols is 1. The molecule has 1 aromatic carbocycles. The zero-order valence-corrected chi connectivity index (χ0v) is 12.6. The van der Waals surface area contributed by atoms with Gasteiger partial charge in [0.05, 0.1) is 12.3 Å². The molecule has 0 spiro atoms. The molecule has 0 aliphatic carbocycles. The smallest absolute Gasteiger partial charge is 0.411 e. The molecule has 2 aromatic heterocycles. The third-order valence-corrected chi connectivity index (χ3v) is 3.19. The number of carbonyl (C=O) groups excluding carboxylic acids is 1. The van der Waals surface area contributed by atoms with E-state index in [0.717, 1.165) is 0 Å². The Morgan fingerprint density at radius 1 is 1.38 bits per heavy atom. The van der Waals surface area contributed by atoms with Gasteiger partial charge in [-0.25, -0.2) is 14.8 Å². The summed E-state index contributed by atoms with van der Waals surface area (Å²) < 4.78 is 10.5. The van der Waals surface area contributed by atoms with Gasteiger partial charge in [0.1, 0.15) is 23.2 Å². The summed E-state index contributed by atoms with van der Waals surface area (Å²) in [7, 11) is 0. The van der Waals surface area contributed by atoms with Crippen LogP contribution in [0.3, 0.4) is 0 Å². The Balaban J connectivity index is 2.12. The summed E-state index contributed by atoms with van der Waals surface area (Å²) in [5.74, 6) is 0.133. The summed E-state index contributed by atoms with van der Waals surface area (Å²) in [5.41, 5.74) is 0.452. The van der Waals surface area contributed by atoms with Crippen molar-refractivity contribution in [3.8, 4) is 17.1 Å². The number of aromatic hydroxyl groups is 1. The van der Waals surface area contributed by atoms with Crippen molar-refractivity contribution in [3.63, 3.8) is 0 Å². The molecule has 3 rings (SSSR count). The van der Waals surface area contributed by atoms with Gasteiger partial charge in [-0.05, 0) is 19.1 Å². The summed E-state index contributed by atoms with van der Waals surface area (Å²) in [6.07, 6.45) is 1.95. The number of rotatable bonds is 3. The minimum Gasteiger partial charge on any atom is -0.508 e. The van der Waals surface area contributed by atoms with E-state index in [1.165, 1.54) is 36.8 Å². The lowest BCUT2D eigenvalue weighted by molar-refractivity contribution is 0.168. The lowest BCUT2D eigenvalue weighted by Gasteiger charge is -2.11. The number of aromatic nitrogens is 2. The zero-order chi connectivity index (χ0) is 17.1. The molecule has 0 saturated heterocycles. The summed E-state index contributed by atoms with van der Waals surface area (Å²) in [4.78, 5) is 31.5. The molecule has 24 heavy (non-hydrogen) atoms. The molecule has 0 fully saturated rings. The van der Waals surface area contributed by atoms with Gasteiger partial charge in [-0.3, -0.25) is 10.1 Å². The van der Waals surface area contributed by atoms with Crippen molar-refractivity contribution >= 4 is 22.9 Å². The molecule has 0 aliphatic rings. The van der Waals surface area contributed by atoms with Gasteiger partial charge in [0, 0.05) is 23.9 Å². The average Bonchev–Trinajstić information content (AvgIpc) is 2.55. The molecule has 8 nitrogen and oxygen atoms in total. The molecule has 3 aromatic rings.